The van der Waals surface area contributed by atoms with E-state index >= 15 is 0 Å². The summed E-state index contributed by atoms with van der Waals surface area (Å²) in [7, 11) is 1.37. The summed E-state index contributed by atoms with van der Waals surface area (Å²) in [4.78, 5) is 15.9. The van der Waals surface area contributed by atoms with E-state index in [2.05, 4.69) is 10.3 Å². The second-order valence-corrected chi connectivity index (χ2v) is 5.64. The van der Waals surface area contributed by atoms with Crippen LogP contribution in [0, 0.1) is 0 Å². The van der Waals surface area contributed by atoms with Crippen LogP contribution < -0.4 is 10.1 Å². The number of nitrogens with zero attached hydrogens (tertiary/aromatic N) is 1. The van der Waals surface area contributed by atoms with Crippen LogP contribution in [-0.4, -0.2) is 23.5 Å². The van der Waals surface area contributed by atoms with Gasteiger partial charge < -0.3 is 10.1 Å². The lowest BCUT2D eigenvalue weighted by molar-refractivity contribution is -0.0329. The Labute approximate surface area is 139 Å². The largest absolute Gasteiger partial charge is 0.493 e. The van der Waals surface area contributed by atoms with Gasteiger partial charge in [0.1, 0.15) is 5.03 Å². The van der Waals surface area contributed by atoms with Crippen molar-refractivity contribution in [3.05, 3.63) is 47.1 Å². The molecule has 9 heteroatoms. The number of amides is 1. The molecule has 1 aromatic carbocycles. The molecule has 0 aliphatic carbocycles. The Hall–Kier alpha value is -1.93. The first-order chi connectivity index (χ1) is 10.8. The molecular weight excluding hydrogens is 353 g/mol. The highest BCUT2D eigenvalue weighted by molar-refractivity contribution is 8.00. The summed E-state index contributed by atoms with van der Waals surface area (Å²) < 4.78 is 42.7. The first-order valence-electron chi connectivity index (χ1n) is 6.16. The van der Waals surface area contributed by atoms with Crippen LogP contribution in [0.5, 0.6) is 5.75 Å². The van der Waals surface area contributed by atoms with Gasteiger partial charge in [-0.15, -0.1) is 0 Å². The SMILES string of the molecule is COc1c(Cl)cccc1NC(=O)c1cccnc1SC(F)(F)F. The molecule has 1 heterocycles. The van der Waals surface area contributed by atoms with E-state index in [9.17, 15) is 18.0 Å². The van der Waals surface area contributed by atoms with E-state index < -0.39 is 28.2 Å². The van der Waals surface area contributed by atoms with Gasteiger partial charge in [-0.3, -0.25) is 4.79 Å². The minimum atomic E-state index is -4.54. The number of carbonyl (C=O) groups is 1. The van der Waals surface area contributed by atoms with Crippen LogP contribution in [0.2, 0.25) is 5.02 Å². The minimum absolute atomic E-state index is 0.197. The molecule has 0 saturated heterocycles. The number of halogens is 4. The van der Waals surface area contributed by atoms with Crippen LogP contribution in [0.4, 0.5) is 18.9 Å². The van der Waals surface area contributed by atoms with Crippen LogP contribution >= 0.6 is 23.4 Å². The highest BCUT2D eigenvalue weighted by atomic mass is 35.5. The number of benzene rings is 1. The van der Waals surface area contributed by atoms with Gasteiger partial charge in [0.2, 0.25) is 0 Å². The topological polar surface area (TPSA) is 51.2 Å². The Morgan fingerprint density at radius 2 is 2.04 bits per heavy atom. The molecule has 0 atom stereocenters. The van der Waals surface area contributed by atoms with Gasteiger partial charge in [0.05, 0.1) is 23.4 Å². The van der Waals surface area contributed by atoms with E-state index in [4.69, 9.17) is 16.3 Å². The number of hydrogen-bond acceptors (Lipinski definition) is 4. The number of rotatable bonds is 4. The summed E-state index contributed by atoms with van der Waals surface area (Å²) >= 11 is 5.49. The van der Waals surface area contributed by atoms with Crippen LogP contribution in [0.25, 0.3) is 0 Å². The molecule has 0 bridgehead atoms. The molecule has 0 aliphatic heterocycles. The van der Waals surface area contributed by atoms with Crippen molar-refractivity contribution in [1.29, 1.82) is 0 Å². The summed E-state index contributed by atoms with van der Waals surface area (Å²) in [6.07, 6.45) is 1.19. The first kappa shape index (κ1) is 17.4. The third-order valence-electron chi connectivity index (χ3n) is 2.65. The lowest BCUT2D eigenvalue weighted by Crippen LogP contribution is -2.15. The molecule has 0 fully saturated rings. The van der Waals surface area contributed by atoms with Gasteiger partial charge in [-0.1, -0.05) is 17.7 Å². The third kappa shape index (κ3) is 4.52. The second-order valence-electron chi connectivity index (χ2n) is 4.18. The maximum Gasteiger partial charge on any atom is 0.447 e. The molecule has 0 saturated carbocycles. The van der Waals surface area contributed by atoms with Crippen molar-refractivity contribution in [1.82, 2.24) is 4.98 Å². The summed E-state index contributed by atoms with van der Waals surface area (Å²) in [6.45, 7) is 0. The molecule has 122 valence electrons. The quantitative estimate of drug-likeness (QED) is 0.807. The number of para-hydroxylation sites is 1. The van der Waals surface area contributed by atoms with Crippen molar-refractivity contribution >= 4 is 35.0 Å². The van der Waals surface area contributed by atoms with E-state index in [0.29, 0.717) is 0 Å². The van der Waals surface area contributed by atoms with Gasteiger partial charge in [-0.2, -0.15) is 13.2 Å². The third-order valence-corrected chi connectivity index (χ3v) is 3.70. The minimum Gasteiger partial charge on any atom is -0.493 e. The van der Waals surface area contributed by atoms with Gasteiger partial charge in [-0.05, 0) is 24.3 Å². The van der Waals surface area contributed by atoms with E-state index in [0.717, 1.165) is 0 Å². The number of pyridine rings is 1. The standard InChI is InChI=1S/C14H10ClF3N2O2S/c1-22-11-9(15)5-2-6-10(11)20-12(21)8-4-3-7-19-13(8)23-14(16,17)18/h2-7H,1H3,(H,20,21). The number of nitrogens with one attached hydrogen (secondary N) is 1. The van der Waals surface area contributed by atoms with Crippen molar-refractivity contribution in [2.24, 2.45) is 0 Å². The molecule has 1 amide bonds. The van der Waals surface area contributed by atoms with E-state index in [1.807, 2.05) is 0 Å². The zero-order valence-electron chi connectivity index (χ0n) is 11.6. The Bertz CT molecular complexity index is 725. The van der Waals surface area contributed by atoms with Crippen molar-refractivity contribution in [3.8, 4) is 5.75 Å². The molecule has 2 aromatic rings. The smallest absolute Gasteiger partial charge is 0.447 e. The molecule has 0 spiro atoms. The van der Waals surface area contributed by atoms with Crippen molar-refractivity contribution in [3.63, 3.8) is 0 Å². The number of ether oxygens (including phenoxy) is 1. The highest BCUT2D eigenvalue weighted by Crippen LogP contribution is 2.38. The van der Waals surface area contributed by atoms with Crippen LogP contribution in [0.1, 0.15) is 10.4 Å². The molecule has 23 heavy (non-hydrogen) atoms. The van der Waals surface area contributed by atoms with Crippen LogP contribution in [0.3, 0.4) is 0 Å². The molecule has 0 radical (unpaired) electrons. The number of alkyl halides is 3. The number of thioether (sulfide) groups is 1. The van der Waals surface area contributed by atoms with Crippen molar-refractivity contribution in [2.45, 2.75) is 10.5 Å². The van der Waals surface area contributed by atoms with E-state index in [1.165, 1.54) is 31.5 Å². The monoisotopic (exact) mass is 362 g/mol. The fourth-order valence-corrected chi connectivity index (χ4v) is 2.61. The van der Waals surface area contributed by atoms with Crippen LogP contribution in [0.15, 0.2) is 41.6 Å². The Balaban J connectivity index is 2.31. The molecule has 1 aromatic heterocycles. The Kier molecular flexibility index (Phi) is 5.38. The average molecular weight is 363 g/mol. The lowest BCUT2D eigenvalue weighted by Gasteiger charge is -2.13. The van der Waals surface area contributed by atoms with Gasteiger partial charge in [0.25, 0.3) is 5.91 Å². The van der Waals surface area contributed by atoms with E-state index in [1.54, 1.807) is 12.1 Å². The van der Waals surface area contributed by atoms with Gasteiger partial charge >= 0.3 is 5.51 Å². The summed E-state index contributed by atoms with van der Waals surface area (Å²) in [5, 5.41) is 2.31. The van der Waals surface area contributed by atoms with Gasteiger partial charge in [-0.25, -0.2) is 4.98 Å². The van der Waals surface area contributed by atoms with Gasteiger partial charge in [0, 0.05) is 18.0 Å². The zero-order valence-corrected chi connectivity index (χ0v) is 13.2. The zero-order chi connectivity index (χ0) is 17.0. The Morgan fingerprint density at radius 1 is 1.30 bits per heavy atom. The summed E-state index contributed by atoms with van der Waals surface area (Å²) in [5.74, 6) is -0.526. The maximum atomic E-state index is 12.5. The number of aromatic nitrogens is 1. The molecule has 1 N–H and O–H groups in total. The molecule has 2 rings (SSSR count). The number of anilines is 1. The molecule has 0 unspecified atom stereocenters. The predicted octanol–water partition coefficient (Wildman–Crippen LogP) is 4.61. The van der Waals surface area contributed by atoms with E-state index in [-0.39, 0.29) is 22.0 Å². The second kappa shape index (κ2) is 7.10. The number of carbonyl (C=O) groups excluding carboxylic acids is 1. The van der Waals surface area contributed by atoms with Crippen molar-refractivity contribution < 1.29 is 22.7 Å². The summed E-state index contributed by atoms with van der Waals surface area (Å²) in [6, 6.07) is 7.30. The fraction of sp³-hybridized carbons (Fsp3) is 0.143. The van der Waals surface area contributed by atoms with Crippen molar-refractivity contribution in [2.75, 3.05) is 12.4 Å². The van der Waals surface area contributed by atoms with Gasteiger partial charge in [0.15, 0.2) is 5.75 Å². The van der Waals surface area contributed by atoms with Crippen LogP contribution in [-0.2, 0) is 0 Å². The average Bonchev–Trinajstić information content (AvgIpc) is 2.46. The summed E-state index contributed by atoms with van der Waals surface area (Å²) in [5.41, 5.74) is -4.49. The highest BCUT2D eigenvalue weighted by Gasteiger charge is 2.32. The fourth-order valence-electron chi connectivity index (χ4n) is 1.76. The molecule has 0 aliphatic rings. The normalized spacial score (nSPS) is 11.2. The number of methoxy groups -OCH3 is 1. The maximum absolute atomic E-state index is 12.5. The first-order valence-corrected chi connectivity index (χ1v) is 7.36. The Morgan fingerprint density at radius 3 is 2.70 bits per heavy atom. The molecule has 4 nitrogen and oxygen atoms in total. The lowest BCUT2D eigenvalue weighted by atomic mass is 10.2. The molecular formula is C14H10ClF3N2O2S. The number of hydrogen-bond donors (Lipinski definition) is 1. The predicted molar refractivity (Wildman–Crippen MR) is 82.1 cm³/mol.